The number of carbonyl (C=O) groups is 6. The van der Waals surface area contributed by atoms with Gasteiger partial charge in [0.25, 0.3) is 11.7 Å². The maximum Gasteiger partial charge on any atom is 0.343 e. The normalized spacial score (nSPS) is 26.4. The van der Waals surface area contributed by atoms with Crippen molar-refractivity contribution in [3.8, 4) is 23.0 Å². The molecule has 366 valence electrons. The van der Waals surface area contributed by atoms with E-state index in [1.54, 1.807) is 58.0 Å². The molecule has 0 aromatic heterocycles. The number of methoxy groups -OCH3 is 3. The molecule has 0 unspecified atom stereocenters. The number of carbonyl (C=O) groups excluding carboxylic acids is 6. The molecular formula is C52H58N2O15. The smallest absolute Gasteiger partial charge is 0.343 e. The first-order valence-corrected chi connectivity index (χ1v) is 22.3. The summed E-state index contributed by atoms with van der Waals surface area (Å²) in [5.74, 6) is -9.81. The van der Waals surface area contributed by atoms with Crippen molar-refractivity contribution in [2.45, 2.75) is 85.6 Å². The number of hydrogen-bond donors (Lipinski definition) is 4. The third kappa shape index (κ3) is 10.4. The van der Waals surface area contributed by atoms with Crippen LogP contribution >= 0.6 is 0 Å². The summed E-state index contributed by atoms with van der Waals surface area (Å²) >= 11 is 0. The summed E-state index contributed by atoms with van der Waals surface area (Å²) in [5.41, 5.74) is -1.91. The Morgan fingerprint density at radius 3 is 2.00 bits per heavy atom. The molecule has 9 atom stereocenters. The lowest BCUT2D eigenvalue weighted by atomic mass is 9.78. The van der Waals surface area contributed by atoms with Crippen LogP contribution in [0.3, 0.4) is 0 Å². The van der Waals surface area contributed by atoms with Gasteiger partial charge in [-0.1, -0.05) is 45.9 Å². The molecule has 4 N–H and O–H groups in total. The number of fused-ring (bicyclic) bond motifs is 14. The number of ether oxygens (including phenoxy) is 7. The second-order valence-corrected chi connectivity index (χ2v) is 17.5. The van der Waals surface area contributed by atoms with Crippen molar-refractivity contribution in [1.29, 1.82) is 0 Å². The van der Waals surface area contributed by atoms with Crippen molar-refractivity contribution in [3.63, 3.8) is 0 Å². The molecule has 0 saturated carbocycles. The average Bonchev–Trinajstić information content (AvgIpc) is 3.60. The number of rotatable bonds is 8. The van der Waals surface area contributed by atoms with E-state index in [4.69, 9.17) is 33.2 Å². The number of ketones is 3. The number of nitrogens with one attached hydrogen (secondary N) is 2. The lowest BCUT2D eigenvalue weighted by molar-refractivity contribution is -0.160. The first-order chi connectivity index (χ1) is 32.7. The number of benzene rings is 3. The molecule has 7 rings (SSSR count). The minimum absolute atomic E-state index is 0.0221. The fourth-order valence-corrected chi connectivity index (χ4v) is 8.62. The molecule has 3 aliphatic heterocycles. The van der Waals surface area contributed by atoms with Crippen LogP contribution in [0.25, 0.3) is 0 Å². The number of aliphatic hydroxyl groups excluding tert-OH is 2. The van der Waals surface area contributed by atoms with Gasteiger partial charge in [-0.3, -0.25) is 24.0 Å². The van der Waals surface area contributed by atoms with Gasteiger partial charge in [0, 0.05) is 61.5 Å². The predicted molar refractivity (Wildman–Crippen MR) is 251 cm³/mol. The number of hydrogen-bond acceptors (Lipinski definition) is 16. The topological polar surface area (TPSA) is 232 Å². The van der Waals surface area contributed by atoms with Crippen LogP contribution in [0.4, 0.5) is 5.69 Å². The monoisotopic (exact) mass is 950 g/mol. The SMILES string of the molecule is COc1ccc(NC2=C3NC(=O)C(C)=CC=C[C@H](C)[C@H](O)[C@@H](C)[C@H](O)[C@H](C)[C@H](OC(C)=O)[C@H](C)[C@@H](OC)C=CO[C@@]4(C)Oc5c(C)c(OC(=O)c6ccc(OC)cc6)c(c(c5C4=O)C2=O)C3=O)cc1. The van der Waals surface area contributed by atoms with E-state index in [0.717, 1.165) is 6.26 Å². The van der Waals surface area contributed by atoms with Crippen molar-refractivity contribution in [1.82, 2.24) is 5.32 Å². The van der Waals surface area contributed by atoms with E-state index in [0.29, 0.717) is 17.2 Å². The highest BCUT2D eigenvalue weighted by Crippen LogP contribution is 2.49. The van der Waals surface area contributed by atoms with Crippen LogP contribution in [0.15, 0.2) is 96.1 Å². The minimum Gasteiger partial charge on any atom is -0.497 e. The largest absolute Gasteiger partial charge is 0.497 e. The van der Waals surface area contributed by atoms with E-state index in [-0.39, 0.29) is 28.0 Å². The highest BCUT2D eigenvalue weighted by molar-refractivity contribution is 6.33. The minimum atomic E-state index is -2.20. The summed E-state index contributed by atoms with van der Waals surface area (Å²) in [5, 5.41) is 28.6. The molecule has 0 fully saturated rings. The molecule has 69 heavy (non-hydrogen) atoms. The Balaban J connectivity index is 1.57. The summed E-state index contributed by atoms with van der Waals surface area (Å²) in [7, 11) is 4.34. The third-order valence-corrected chi connectivity index (χ3v) is 12.8. The number of anilines is 1. The van der Waals surface area contributed by atoms with Crippen LogP contribution in [-0.4, -0.2) is 96.9 Å². The van der Waals surface area contributed by atoms with Gasteiger partial charge in [-0.05, 0) is 68.5 Å². The summed E-state index contributed by atoms with van der Waals surface area (Å²) in [6, 6.07) is 12.3. The molecule has 4 aliphatic rings. The van der Waals surface area contributed by atoms with E-state index < -0.39 is 117 Å². The molecule has 17 heteroatoms. The standard InChI is InChI=1S/C52H58N2O15/c1-25-13-12-14-26(2)50(61)54-41-40(53-33-17-21-35(64-10)22-18-33)44(58)37-38(45(41)59)47(68-51(62)32-15-19-34(63-9)20-16-32)30(6)48-39(37)49(60)52(8,69-48)66-24-23-36(65-11)27(3)46(67-31(7)55)29(5)43(57)28(4)42(25)56/h12-25,27-29,36,42-43,46,53,56-57H,1-11H3,(H,54,61)/t25-,27+,28+,29-,36-,42-,43-,46+,52-/m0/s1. The highest BCUT2D eigenvalue weighted by atomic mass is 16.7. The Hall–Kier alpha value is -7.08. The first-order valence-electron chi connectivity index (χ1n) is 22.3. The third-order valence-electron chi connectivity index (χ3n) is 12.8. The summed E-state index contributed by atoms with van der Waals surface area (Å²) < 4.78 is 40.4. The lowest BCUT2D eigenvalue weighted by Crippen LogP contribution is -2.46. The molecule has 5 bridgehead atoms. The van der Waals surface area contributed by atoms with Gasteiger partial charge in [-0.2, -0.15) is 0 Å². The Kier molecular flexibility index (Phi) is 15.7. The fraction of sp³-hybridized carbons (Fsp3) is 0.385. The maximum absolute atomic E-state index is 15.3. The van der Waals surface area contributed by atoms with E-state index in [2.05, 4.69) is 10.6 Å². The van der Waals surface area contributed by atoms with E-state index >= 15 is 9.59 Å². The van der Waals surface area contributed by atoms with Crippen LogP contribution in [0.1, 0.15) is 95.5 Å². The maximum atomic E-state index is 15.3. The zero-order chi connectivity index (χ0) is 50.6. The van der Waals surface area contributed by atoms with Gasteiger partial charge in [-0.25, -0.2) is 4.79 Å². The fourth-order valence-electron chi connectivity index (χ4n) is 8.62. The van der Waals surface area contributed by atoms with Crippen molar-refractivity contribution in [2.24, 2.45) is 23.7 Å². The van der Waals surface area contributed by atoms with Gasteiger partial charge in [0.15, 0.2) is 0 Å². The van der Waals surface area contributed by atoms with Crippen LogP contribution in [0.2, 0.25) is 0 Å². The Morgan fingerprint density at radius 1 is 0.783 bits per heavy atom. The van der Waals surface area contributed by atoms with E-state index in [1.165, 1.54) is 91.5 Å². The van der Waals surface area contributed by atoms with Gasteiger partial charge in [0.1, 0.15) is 40.5 Å². The van der Waals surface area contributed by atoms with Crippen LogP contribution in [0, 0.1) is 30.6 Å². The molecule has 17 nitrogen and oxygen atoms in total. The van der Waals surface area contributed by atoms with Gasteiger partial charge < -0.3 is 54.0 Å². The number of Topliss-reactive ketones (excluding diaryl/α,β-unsaturated/α-hetero) is 3. The Morgan fingerprint density at radius 2 is 1.41 bits per heavy atom. The second-order valence-electron chi connectivity index (χ2n) is 17.5. The van der Waals surface area contributed by atoms with Gasteiger partial charge >= 0.3 is 17.7 Å². The number of amides is 1. The molecular weight excluding hydrogens is 893 g/mol. The Labute approximate surface area is 400 Å². The predicted octanol–water partition coefficient (Wildman–Crippen LogP) is 6.60. The van der Waals surface area contributed by atoms with Gasteiger partial charge in [0.2, 0.25) is 11.6 Å². The van der Waals surface area contributed by atoms with E-state index in [1.807, 2.05) is 0 Å². The molecule has 1 aliphatic carbocycles. The lowest BCUT2D eigenvalue weighted by Gasteiger charge is -2.38. The zero-order valence-corrected chi connectivity index (χ0v) is 40.3. The summed E-state index contributed by atoms with van der Waals surface area (Å²) in [4.78, 5) is 85.8. The number of aliphatic hydroxyl groups is 2. The van der Waals surface area contributed by atoms with Crippen molar-refractivity contribution in [2.75, 3.05) is 26.6 Å². The summed E-state index contributed by atoms with van der Waals surface area (Å²) in [6.45, 7) is 12.3. The van der Waals surface area contributed by atoms with Crippen LogP contribution in [0.5, 0.6) is 23.0 Å². The summed E-state index contributed by atoms with van der Waals surface area (Å²) in [6.07, 6.45) is 3.09. The second kappa shape index (κ2) is 21.1. The van der Waals surface area contributed by atoms with Crippen molar-refractivity contribution >= 4 is 40.9 Å². The van der Waals surface area contributed by atoms with Crippen molar-refractivity contribution in [3.05, 3.63) is 124 Å². The molecule has 1 amide bonds. The van der Waals surface area contributed by atoms with Gasteiger partial charge in [-0.15, -0.1) is 0 Å². The molecule has 0 spiro atoms. The molecule has 3 aromatic carbocycles. The highest BCUT2D eigenvalue weighted by Gasteiger charge is 2.53. The number of esters is 2. The molecule has 3 aromatic rings. The van der Waals surface area contributed by atoms with Crippen LogP contribution < -0.4 is 29.6 Å². The average molecular weight is 951 g/mol. The molecule has 3 heterocycles. The zero-order valence-electron chi connectivity index (χ0n) is 40.3. The molecule has 0 saturated heterocycles. The quantitative estimate of drug-likeness (QED) is 0.138. The molecule has 0 radical (unpaired) electrons. The van der Waals surface area contributed by atoms with Gasteiger partial charge in [0.05, 0.1) is 61.0 Å². The van der Waals surface area contributed by atoms with Crippen LogP contribution in [-0.2, 0) is 23.8 Å². The van der Waals surface area contributed by atoms with E-state index in [9.17, 15) is 29.4 Å². The number of allylic oxidation sites excluding steroid dienone is 4. The van der Waals surface area contributed by atoms with Crippen molar-refractivity contribution < 1.29 is 72.1 Å². The first kappa shape index (κ1) is 51.3. The Bertz CT molecular complexity index is 2650.